The van der Waals surface area contributed by atoms with Gasteiger partial charge in [0.15, 0.2) is 0 Å². The first kappa shape index (κ1) is 20.1. The molecule has 1 saturated heterocycles. The Hall–Kier alpha value is -2.62. The maximum absolute atomic E-state index is 10.2. The molecule has 0 amide bonds. The van der Waals surface area contributed by atoms with Gasteiger partial charge in [-0.1, -0.05) is 24.3 Å². The molecule has 0 bridgehead atoms. The first-order valence-electron chi connectivity index (χ1n) is 8.66. The van der Waals surface area contributed by atoms with E-state index in [2.05, 4.69) is 0 Å². The highest BCUT2D eigenvalue weighted by Gasteiger charge is 2.44. The van der Waals surface area contributed by atoms with Crippen molar-refractivity contribution < 1.29 is 40.1 Å². The molecule has 0 saturated carbocycles. The molecule has 0 aromatic heterocycles. The molecule has 1 aliphatic heterocycles. The highest BCUT2D eigenvalue weighted by Crippen LogP contribution is 2.29. The molecule has 2 aromatic rings. The molecule has 5 atom stereocenters. The Labute approximate surface area is 161 Å². The van der Waals surface area contributed by atoms with Crippen molar-refractivity contribution in [1.29, 1.82) is 0 Å². The minimum absolute atomic E-state index is 0.0860. The summed E-state index contributed by atoms with van der Waals surface area (Å²) < 4.78 is 10.7. The Bertz CT molecular complexity index is 817. The smallest absolute Gasteiger partial charge is 0.229 e. The van der Waals surface area contributed by atoms with Gasteiger partial charge < -0.3 is 40.1 Å². The highest BCUT2D eigenvalue weighted by molar-refractivity contribution is 5.73. The molecule has 8 nitrogen and oxygen atoms in total. The van der Waals surface area contributed by atoms with Gasteiger partial charge in [0.25, 0.3) is 0 Å². The first-order valence-corrected chi connectivity index (χ1v) is 8.66. The van der Waals surface area contributed by atoms with E-state index < -0.39 is 37.3 Å². The standard InChI is InChI=1S/C20H22O8/c21-10-16-17(24)18(25)19(26)20(28-16)27-14-8-5-12(15(23)9-14)4-1-11-2-6-13(22)7-3-11/h1-9,16-26H,10H2/b4-1-/t16-,17-,18+,19-,20-/m1/s1. The monoisotopic (exact) mass is 390 g/mol. The third-order valence-corrected chi connectivity index (χ3v) is 4.45. The van der Waals surface area contributed by atoms with Gasteiger partial charge in [-0.25, -0.2) is 0 Å². The fraction of sp³-hybridized carbons (Fsp3) is 0.300. The Morgan fingerprint density at radius 1 is 0.893 bits per heavy atom. The van der Waals surface area contributed by atoms with E-state index in [-0.39, 0.29) is 17.2 Å². The van der Waals surface area contributed by atoms with E-state index in [1.54, 1.807) is 42.5 Å². The van der Waals surface area contributed by atoms with Crippen LogP contribution >= 0.6 is 0 Å². The molecule has 6 N–H and O–H groups in total. The lowest BCUT2D eigenvalue weighted by Crippen LogP contribution is -2.60. The van der Waals surface area contributed by atoms with Gasteiger partial charge in [0.2, 0.25) is 6.29 Å². The normalized spacial score (nSPS) is 27.8. The molecule has 1 fully saturated rings. The predicted octanol–water partition coefficient (Wildman–Crippen LogP) is 0.447. The zero-order valence-corrected chi connectivity index (χ0v) is 14.8. The summed E-state index contributed by atoms with van der Waals surface area (Å²) in [6.45, 7) is -0.558. The summed E-state index contributed by atoms with van der Waals surface area (Å²) in [4.78, 5) is 0. The van der Waals surface area contributed by atoms with Crippen molar-refractivity contribution in [2.45, 2.75) is 30.7 Å². The van der Waals surface area contributed by atoms with Crippen molar-refractivity contribution in [2.24, 2.45) is 0 Å². The Kier molecular flexibility index (Phi) is 6.18. The maximum atomic E-state index is 10.2. The number of benzene rings is 2. The Morgan fingerprint density at radius 2 is 1.61 bits per heavy atom. The van der Waals surface area contributed by atoms with E-state index in [0.717, 1.165) is 5.56 Å². The topological polar surface area (TPSA) is 140 Å². The van der Waals surface area contributed by atoms with Gasteiger partial charge in [0.1, 0.15) is 41.7 Å². The number of aliphatic hydroxyl groups is 4. The molecule has 28 heavy (non-hydrogen) atoms. The van der Waals surface area contributed by atoms with Crippen LogP contribution in [0.5, 0.6) is 17.2 Å². The minimum Gasteiger partial charge on any atom is -0.508 e. The molecule has 0 spiro atoms. The van der Waals surface area contributed by atoms with Crippen LogP contribution in [0.3, 0.4) is 0 Å². The SMILES string of the molecule is OC[C@H]1O[C@@H](Oc2ccc(/C=C\c3ccc(O)cc3)c(O)c2)[C@H](O)[C@@H](O)[C@@H]1O. The van der Waals surface area contributed by atoms with Crippen molar-refractivity contribution >= 4 is 12.2 Å². The molecule has 8 heteroatoms. The zero-order chi connectivity index (χ0) is 20.3. The van der Waals surface area contributed by atoms with Crippen molar-refractivity contribution in [2.75, 3.05) is 6.61 Å². The molecule has 0 unspecified atom stereocenters. The van der Waals surface area contributed by atoms with E-state index in [4.69, 9.17) is 9.47 Å². The van der Waals surface area contributed by atoms with Crippen molar-refractivity contribution in [1.82, 2.24) is 0 Å². The average Bonchev–Trinajstić information content (AvgIpc) is 2.69. The molecule has 1 heterocycles. The second-order valence-corrected chi connectivity index (χ2v) is 6.46. The van der Waals surface area contributed by atoms with Crippen LogP contribution in [0.1, 0.15) is 11.1 Å². The number of hydrogen-bond donors (Lipinski definition) is 6. The van der Waals surface area contributed by atoms with Crippen LogP contribution in [-0.2, 0) is 4.74 Å². The fourth-order valence-corrected chi connectivity index (χ4v) is 2.81. The van der Waals surface area contributed by atoms with Gasteiger partial charge in [-0.15, -0.1) is 0 Å². The second-order valence-electron chi connectivity index (χ2n) is 6.46. The van der Waals surface area contributed by atoms with Gasteiger partial charge in [-0.2, -0.15) is 0 Å². The third kappa shape index (κ3) is 4.44. The predicted molar refractivity (Wildman–Crippen MR) is 99.5 cm³/mol. The summed E-state index contributed by atoms with van der Waals surface area (Å²) in [5, 5.41) is 58.3. The third-order valence-electron chi connectivity index (χ3n) is 4.45. The van der Waals surface area contributed by atoms with Crippen molar-refractivity contribution in [3.8, 4) is 17.2 Å². The number of phenolic OH excluding ortho intramolecular Hbond substituents is 2. The van der Waals surface area contributed by atoms with Gasteiger partial charge in [0.05, 0.1) is 6.61 Å². The molecule has 150 valence electrons. The Balaban J connectivity index is 1.70. The summed E-state index contributed by atoms with van der Waals surface area (Å²) in [6, 6.07) is 11.0. The lowest BCUT2D eigenvalue weighted by Gasteiger charge is -2.39. The van der Waals surface area contributed by atoms with Crippen LogP contribution in [-0.4, -0.2) is 68.0 Å². The van der Waals surface area contributed by atoms with E-state index in [0.29, 0.717) is 5.56 Å². The molecule has 1 aliphatic rings. The van der Waals surface area contributed by atoms with Crippen LogP contribution in [0, 0.1) is 0 Å². The summed E-state index contributed by atoms with van der Waals surface area (Å²) >= 11 is 0. The average molecular weight is 390 g/mol. The van der Waals surface area contributed by atoms with Crippen LogP contribution in [0.2, 0.25) is 0 Å². The van der Waals surface area contributed by atoms with E-state index in [1.165, 1.54) is 12.1 Å². The number of phenols is 2. The molecule has 0 aliphatic carbocycles. The maximum Gasteiger partial charge on any atom is 0.229 e. The summed E-state index contributed by atoms with van der Waals surface area (Å²) in [6.07, 6.45) is -3.52. The van der Waals surface area contributed by atoms with Crippen molar-refractivity contribution in [3.05, 3.63) is 53.6 Å². The minimum atomic E-state index is -1.54. The van der Waals surface area contributed by atoms with Gasteiger partial charge >= 0.3 is 0 Å². The molecular weight excluding hydrogens is 368 g/mol. The molecule has 2 aromatic carbocycles. The number of aliphatic hydroxyl groups excluding tert-OH is 4. The largest absolute Gasteiger partial charge is 0.508 e. The fourth-order valence-electron chi connectivity index (χ4n) is 2.81. The van der Waals surface area contributed by atoms with Gasteiger partial charge in [0, 0.05) is 11.6 Å². The van der Waals surface area contributed by atoms with Crippen LogP contribution in [0.25, 0.3) is 12.2 Å². The Morgan fingerprint density at radius 3 is 2.25 bits per heavy atom. The molecular formula is C20H22O8. The zero-order valence-electron chi connectivity index (χ0n) is 14.8. The number of aromatic hydroxyl groups is 2. The van der Waals surface area contributed by atoms with E-state index in [9.17, 15) is 30.6 Å². The lowest BCUT2D eigenvalue weighted by atomic mass is 9.99. The number of ether oxygens (including phenoxy) is 2. The number of rotatable bonds is 5. The lowest BCUT2D eigenvalue weighted by molar-refractivity contribution is -0.277. The number of hydrogen-bond acceptors (Lipinski definition) is 8. The van der Waals surface area contributed by atoms with Crippen molar-refractivity contribution in [3.63, 3.8) is 0 Å². The van der Waals surface area contributed by atoms with Gasteiger partial charge in [-0.3, -0.25) is 0 Å². The van der Waals surface area contributed by atoms with E-state index in [1.807, 2.05) is 0 Å². The van der Waals surface area contributed by atoms with Crippen LogP contribution in [0.4, 0.5) is 0 Å². The van der Waals surface area contributed by atoms with Crippen LogP contribution in [0.15, 0.2) is 42.5 Å². The van der Waals surface area contributed by atoms with Gasteiger partial charge in [-0.05, 0) is 29.8 Å². The summed E-state index contributed by atoms with van der Waals surface area (Å²) in [5.41, 5.74) is 1.34. The quantitative estimate of drug-likeness (QED) is 0.405. The van der Waals surface area contributed by atoms with Crippen LogP contribution < -0.4 is 4.74 Å². The summed E-state index contributed by atoms with van der Waals surface area (Å²) in [5.74, 6) is 0.246. The first-order chi connectivity index (χ1) is 13.4. The summed E-state index contributed by atoms with van der Waals surface area (Å²) in [7, 11) is 0. The molecule has 3 rings (SSSR count). The highest BCUT2D eigenvalue weighted by atomic mass is 16.7. The second kappa shape index (κ2) is 8.59. The molecule has 0 radical (unpaired) electrons. The van der Waals surface area contributed by atoms with E-state index >= 15 is 0 Å².